The molecule has 2 saturated heterocycles. The van der Waals surface area contributed by atoms with Crippen molar-refractivity contribution in [3.05, 3.63) is 12.2 Å². The van der Waals surface area contributed by atoms with E-state index in [0.717, 1.165) is 25.9 Å². The van der Waals surface area contributed by atoms with Crippen molar-refractivity contribution in [3.63, 3.8) is 0 Å². The molecule has 1 aliphatic carbocycles. The molecular weight excluding hydrogens is 212 g/mol. The van der Waals surface area contributed by atoms with Gasteiger partial charge in [0.15, 0.2) is 0 Å². The smallest absolute Gasteiger partial charge is 0.226 e. The lowest BCUT2D eigenvalue weighted by Gasteiger charge is -2.31. The lowest BCUT2D eigenvalue weighted by molar-refractivity contribution is -0.136. The second-order valence-corrected chi connectivity index (χ2v) is 5.58. The first-order chi connectivity index (χ1) is 8.36. The predicted molar refractivity (Wildman–Crippen MR) is 67.6 cm³/mol. The second-order valence-electron chi connectivity index (χ2n) is 5.58. The molecule has 3 heteroatoms. The van der Waals surface area contributed by atoms with Crippen LogP contribution >= 0.6 is 0 Å². The van der Waals surface area contributed by atoms with E-state index < -0.39 is 0 Å². The summed E-state index contributed by atoms with van der Waals surface area (Å²) in [5, 5.41) is 3.56. The molecule has 17 heavy (non-hydrogen) atoms. The Bertz CT molecular complexity index is 312. The highest BCUT2D eigenvalue weighted by atomic mass is 16.2. The fraction of sp³-hybridized carbons (Fsp3) is 0.786. The van der Waals surface area contributed by atoms with E-state index in [9.17, 15) is 4.79 Å². The van der Waals surface area contributed by atoms with Gasteiger partial charge in [-0.05, 0) is 45.1 Å². The number of carbonyl (C=O) groups excluding carboxylic acids is 1. The Balaban J connectivity index is 1.66. The number of carbonyl (C=O) groups is 1. The Kier molecular flexibility index (Phi) is 3.19. The normalized spacial score (nSPS) is 33.8. The SMILES string of the molecule is O=C(C1CC=CC1)N1CCCC1C1CCCN1. The van der Waals surface area contributed by atoms with Crippen LogP contribution in [0.25, 0.3) is 0 Å². The van der Waals surface area contributed by atoms with Gasteiger partial charge in [-0.3, -0.25) is 4.79 Å². The van der Waals surface area contributed by atoms with Crippen molar-refractivity contribution < 1.29 is 4.79 Å². The van der Waals surface area contributed by atoms with E-state index >= 15 is 0 Å². The summed E-state index contributed by atoms with van der Waals surface area (Å²) in [6, 6.07) is 1.04. The summed E-state index contributed by atoms with van der Waals surface area (Å²) in [4.78, 5) is 14.7. The van der Waals surface area contributed by atoms with Gasteiger partial charge < -0.3 is 10.2 Å². The number of allylic oxidation sites excluding steroid dienone is 2. The molecule has 0 radical (unpaired) electrons. The maximum Gasteiger partial charge on any atom is 0.226 e. The largest absolute Gasteiger partial charge is 0.338 e. The van der Waals surface area contributed by atoms with E-state index in [4.69, 9.17) is 0 Å². The van der Waals surface area contributed by atoms with Crippen LogP contribution in [0.15, 0.2) is 12.2 Å². The van der Waals surface area contributed by atoms with Crippen LogP contribution in [-0.2, 0) is 4.79 Å². The van der Waals surface area contributed by atoms with Crippen LogP contribution in [0.3, 0.4) is 0 Å². The summed E-state index contributed by atoms with van der Waals surface area (Å²) in [5.41, 5.74) is 0. The van der Waals surface area contributed by atoms with E-state index in [-0.39, 0.29) is 5.92 Å². The number of amides is 1. The van der Waals surface area contributed by atoms with Gasteiger partial charge in [0, 0.05) is 24.5 Å². The van der Waals surface area contributed by atoms with Gasteiger partial charge >= 0.3 is 0 Å². The van der Waals surface area contributed by atoms with Gasteiger partial charge in [-0.2, -0.15) is 0 Å². The molecule has 94 valence electrons. The van der Waals surface area contributed by atoms with E-state index in [1.807, 2.05) is 0 Å². The Morgan fingerprint density at radius 2 is 2.00 bits per heavy atom. The molecular formula is C14H22N2O. The third-order valence-corrected chi connectivity index (χ3v) is 4.50. The Hall–Kier alpha value is -0.830. The molecule has 2 unspecified atom stereocenters. The molecule has 0 saturated carbocycles. The van der Waals surface area contributed by atoms with Gasteiger partial charge in [0.2, 0.25) is 5.91 Å². The minimum absolute atomic E-state index is 0.247. The van der Waals surface area contributed by atoms with Crippen LogP contribution in [0.2, 0.25) is 0 Å². The molecule has 1 N–H and O–H groups in total. The van der Waals surface area contributed by atoms with Gasteiger partial charge in [-0.1, -0.05) is 12.2 Å². The predicted octanol–water partition coefficient (Wildman–Crippen LogP) is 1.70. The first-order valence-electron chi connectivity index (χ1n) is 7.05. The van der Waals surface area contributed by atoms with Crippen LogP contribution in [0.4, 0.5) is 0 Å². The topological polar surface area (TPSA) is 32.3 Å². The van der Waals surface area contributed by atoms with E-state index in [1.54, 1.807) is 0 Å². The van der Waals surface area contributed by atoms with E-state index in [1.165, 1.54) is 25.7 Å². The number of rotatable bonds is 2. The molecule has 3 nitrogen and oxygen atoms in total. The molecule has 1 amide bonds. The molecule has 0 spiro atoms. The average Bonchev–Trinajstić information content (AvgIpc) is 3.09. The molecule has 0 aromatic rings. The number of nitrogens with one attached hydrogen (secondary N) is 1. The summed E-state index contributed by atoms with van der Waals surface area (Å²) in [5.74, 6) is 0.656. The molecule has 2 aliphatic heterocycles. The van der Waals surface area contributed by atoms with Gasteiger partial charge in [-0.25, -0.2) is 0 Å². The number of likely N-dealkylation sites (tertiary alicyclic amines) is 1. The Morgan fingerprint density at radius 3 is 2.71 bits per heavy atom. The van der Waals surface area contributed by atoms with Gasteiger partial charge in [0.25, 0.3) is 0 Å². The van der Waals surface area contributed by atoms with Crippen molar-refractivity contribution in [1.29, 1.82) is 0 Å². The highest BCUT2D eigenvalue weighted by Gasteiger charge is 2.38. The fourth-order valence-electron chi connectivity index (χ4n) is 3.58. The Morgan fingerprint density at radius 1 is 1.18 bits per heavy atom. The van der Waals surface area contributed by atoms with E-state index in [0.29, 0.717) is 18.0 Å². The molecule has 2 fully saturated rings. The van der Waals surface area contributed by atoms with Crippen LogP contribution in [0.5, 0.6) is 0 Å². The minimum atomic E-state index is 0.247. The van der Waals surface area contributed by atoms with Crippen molar-refractivity contribution in [2.24, 2.45) is 5.92 Å². The third kappa shape index (κ3) is 2.13. The second kappa shape index (κ2) is 4.81. The summed E-state index contributed by atoms with van der Waals surface area (Å²) in [6.45, 7) is 2.12. The molecule has 0 bridgehead atoms. The summed E-state index contributed by atoms with van der Waals surface area (Å²) >= 11 is 0. The number of nitrogens with zero attached hydrogens (tertiary/aromatic N) is 1. The Labute approximate surface area is 103 Å². The maximum absolute atomic E-state index is 12.5. The highest BCUT2D eigenvalue weighted by molar-refractivity contribution is 5.80. The molecule has 3 aliphatic rings. The first-order valence-corrected chi connectivity index (χ1v) is 7.05. The van der Waals surface area contributed by atoms with Gasteiger partial charge in [-0.15, -0.1) is 0 Å². The zero-order chi connectivity index (χ0) is 11.7. The third-order valence-electron chi connectivity index (χ3n) is 4.50. The average molecular weight is 234 g/mol. The van der Waals surface area contributed by atoms with Crippen LogP contribution in [0.1, 0.15) is 38.5 Å². The van der Waals surface area contributed by atoms with Crippen LogP contribution < -0.4 is 5.32 Å². The first kappa shape index (κ1) is 11.3. The maximum atomic E-state index is 12.5. The molecule has 0 aromatic heterocycles. The quantitative estimate of drug-likeness (QED) is 0.738. The number of hydrogen-bond acceptors (Lipinski definition) is 2. The van der Waals surface area contributed by atoms with Crippen molar-refractivity contribution in [3.8, 4) is 0 Å². The van der Waals surface area contributed by atoms with Crippen molar-refractivity contribution in [2.45, 2.75) is 50.6 Å². The van der Waals surface area contributed by atoms with E-state index in [2.05, 4.69) is 22.4 Å². The van der Waals surface area contributed by atoms with Crippen LogP contribution in [0, 0.1) is 5.92 Å². The standard InChI is InChI=1S/C14H22N2O/c17-14(11-5-1-2-6-11)16-10-4-8-13(16)12-7-3-9-15-12/h1-2,11-13,15H,3-10H2. The summed E-state index contributed by atoms with van der Waals surface area (Å²) < 4.78 is 0. The zero-order valence-corrected chi connectivity index (χ0v) is 10.4. The number of hydrogen-bond donors (Lipinski definition) is 1. The van der Waals surface area contributed by atoms with Crippen molar-refractivity contribution in [1.82, 2.24) is 10.2 Å². The summed E-state index contributed by atoms with van der Waals surface area (Å²) in [7, 11) is 0. The lowest BCUT2D eigenvalue weighted by atomic mass is 10.0. The van der Waals surface area contributed by atoms with Gasteiger partial charge in [0.05, 0.1) is 0 Å². The molecule has 0 aromatic carbocycles. The molecule has 2 atom stereocenters. The molecule has 2 heterocycles. The molecule has 3 rings (SSSR count). The monoisotopic (exact) mass is 234 g/mol. The lowest BCUT2D eigenvalue weighted by Crippen LogP contribution is -2.48. The minimum Gasteiger partial charge on any atom is -0.338 e. The van der Waals surface area contributed by atoms with Crippen LogP contribution in [-0.4, -0.2) is 36.0 Å². The van der Waals surface area contributed by atoms with Gasteiger partial charge in [0.1, 0.15) is 0 Å². The summed E-state index contributed by atoms with van der Waals surface area (Å²) in [6.07, 6.45) is 11.1. The van der Waals surface area contributed by atoms with Crippen molar-refractivity contribution in [2.75, 3.05) is 13.1 Å². The highest BCUT2D eigenvalue weighted by Crippen LogP contribution is 2.29. The fourth-order valence-corrected chi connectivity index (χ4v) is 3.58. The zero-order valence-electron chi connectivity index (χ0n) is 10.4. The van der Waals surface area contributed by atoms with Crippen molar-refractivity contribution >= 4 is 5.91 Å².